The highest BCUT2D eigenvalue weighted by atomic mass is 32.1. The monoisotopic (exact) mass is 439 g/mol. The van der Waals surface area contributed by atoms with Crippen molar-refractivity contribution in [3.05, 3.63) is 114 Å². The summed E-state index contributed by atoms with van der Waals surface area (Å²) in [7, 11) is 0. The van der Waals surface area contributed by atoms with E-state index in [1.807, 2.05) is 24.3 Å². The highest BCUT2D eigenvalue weighted by Crippen LogP contribution is 2.36. The Morgan fingerprint density at radius 2 is 1.72 bits per heavy atom. The van der Waals surface area contributed by atoms with Crippen LogP contribution in [-0.4, -0.2) is 23.6 Å². The molecule has 0 fully saturated rings. The molecule has 160 valence electrons. The number of anilines is 1. The van der Waals surface area contributed by atoms with Gasteiger partial charge in [0.05, 0.1) is 23.7 Å². The summed E-state index contributed by atoms with van der Waals surface area (Å²) in [6.45, 7) is 4.24. The molecule has 1 aliphatic rings. The van der Waals surface area contributed by atoms with E-state index in [2.05, 4.69) is 88.1 Å². The Morgan fingerprint density at radius 1 is 1.03 bits per heavy atom. The van der Waals surface area contributed by atoms with Gasteiger partial charge in [-0.15, -0.1) is 6.58 Å². The lowest BCUT2D eigenvalue weighted by Gasteiger charge is -2.24. The van der Waals surface area contributed by atoms with Crippen LogP contribution >= 0.6 is 12.2 Å². The molecule has 0 aromatic heterocycles. The minimum absolute atomic E-state index is 0.154. The zero-order chi connectivity index (χ0) is 22.2. The van der Waals surface area contributed by atoms with E-state index in [0.717, 1.165) is 28.9 Å². The molecule has 0 spiro atoms. The first-order valence-corrected chi connectivity index (χ1v) is 10.9. The Bertz CT molecular complexity index is 1110. The minimum Gasteiger partial charge on any atom is -0.358 e. The smallest absolute Gasteiger partial charge is 0.187 e. The SMILES string of the molecule is C=CCNC(=S)NN=Cc1ccc(N2N=C(c3ccccc3)CC2c2ccccc2)cc1. The highest BCUT2D eigenvalue weighted by molar-refractivity contribution is 7.80. The average molecular weight is 440 g/mol. The van der Waals surface area contributed by atoms with E-state index in [4.69, 9.17) is 17.3 Å². The standard InChI is InChI=1S/C26H25N5S/c1-2-17-27-26(32)29-28-19-20-13-15-23(16-14-20)31-25(22-11-7-4-8-12-22)18-24(30-31)21-9-5-3-6-10-21/h2-16,19,25H,1,17-18H2,(H2,27,29,32). The Kier molecular flexibility index (Phi) is 7.05. The highest BCUT2D eigenvalue weighted by Gasteiger charge is 2.29. The van der Waals surface area contributed by atoms with Gasteiger partial charge < -0.3 is 5.32 Å². The summed E-state index contributed by atoms with van der Waals surface area (Å²) in [6.07, 6.45) is 4.34. The van der Waals surface area contributed by atoms with Crippen molar-refractivity contribution in [1.29, 1.82) is 0 Å². The number of benzene rings is 3. The zero-order valence-corrected chi connectivity index (χ0v) is 18.5. The normalized spacial score (nSPS) is 15.4. The fourth-order valence-corrected chi connectivity index (χ4v) is 3.71. The van der Waals surface area contributed by atoms with Crippen LogP contribution in [0, 0.1) is 0 Å². The summed E-state index contributed by atoms with van der Waals surface area (Å²) >= 11 is 5.13. The van der Waals surface area contributed by atoms with Crippen LogP contribution in [0.4, 0.5) is 5.69 Å². The maximum absolute atomic E-state index is 5.13. The van der Waals surface area contributed by atoms with E-state index >= 15 is 0 Å². The zero-order valence-electron chi connectivity index (χ0n) is 17.7. The number of hydrazone groups is 2. The molecule has 0 saturated carbocycles. The van der Waals surface area contributed by atoms with Crippen LogP contribution in [0.15, 0.2) is 108 Å². The van der Waals surface area contributed by atoms with Crippen LogP contribution in [0.25, 0.3) is 0 Å². The van der Waals surface area contributed by atoms with E-state index in [9.17, 15) is 0 Å². The van der Waals surface area contributed by atoms with Gasteiger partial charge in [-0.3, -0.25) is 10.4 Å². The van der Waals surface area contributed by atoms with Gasteiger partial charge in [-0.2, -0.15) is 10.2 Å². The predicted octanol–water partition coefficient (Wildman–Crippen LogP) is 5.03. The lowest BCUT2D eigenvalue weighted by Crippen LogP contribution is -2.31. The van der Waals surface area contributed by atoms with Gasteiger partial charge in [-0.25, -0.2) is 0 Å². The summed E-state index contributed by atoms with van der Waals surface area (Å²) in [5, 5.41) is 14.7. The lowest BCUT2D eigenvalue weighted by molar-refractivity contribution is 0.709. The third-order valence-electron chi connectivity index (χ3n) is 5.15. The van der Waals surface area contributed by atoms with Gasteiger partial charge in [0.15, 0.2) is 5.11 Å². The number of rotatable bonds is 7. The van der Waals surface area contributed by atoms with E-state index in [-0.39, 0.29) is 6.04 Å². The van der Waals surface area contributed by atoms with E-state index in [0.29, 0.717) is 11.7 Å². The van der Waals surface area contributed by atoms with Crippen LogP contribution in [0.3, 0.4) is 0 Å². The molecule has 1 unspecified atom stereocenters. The van der Waals surface area contributed by atoms with Gasteiger partial charge in [0, 0.05) is 13.0 Å². The van der Waals surface area contributed by atoms with Crippen LogP contribution in [-0.2, 0) is 0 Å². The summed E-state index contributed by atoms with van der Waals surface area (Å²) < 4.78 is 0. The molecule has 32 heavy (non-hydrogen) atoms. The molecule has 2 N–H and O–H groups in total. The van der Waals surface area contributed by atoms with E-state index < -0.39 is 0 Å². The molecule has 3 aromatic rings. The lowest BCUT2D eigenvalue weighted by atomic mass is 9.98. The molecule has 4 rings (SSSR count). The third kappa shape index (κ3) is 5.28. The van der Waals surface area contributed by atoms with E-state index in [1.54, 1.807) is 12.3 Å². The van der Waals surface area contributed by atoms with Gasteiger partial charge >= 0.3 is 0 Å². The van der Waals surface area contributed by atoms with Crippen LogP contribution < -0.4 is 15.8 Å². The van der Waals surface area contributed by atoms with Crippen LogP contribution in [0.1, 0.15) is 29.2 Å². The second-order valence-electron chi connectivity index (χ2n) is 7.35. The molecule has 0 saturated heterocycles. The topological polar surface area (TPSA) is 52.0 Å². The molecule has 0 bridgehead atoms. The molecular formula is C26H25N5S. The molecule has 0 radical (unpaired) electrons. The first-order chi connectivity index (χ1) is 15.7. The van der Waals surface area contributed by atoms with E-state index in [1.165, 1.54) is 5.56 Å². The first kappa shape index (κ1) is 21.5. The van der Waals surface area contributed by atoms with Crippen molar-refractivity contribution < 1.29 is 0 Å². The van der Waals surface area contributed by atoms with Crippen LogP contribution in [0.2, 0.25) is 0 Å². The number of hydrogen-bond acceptors (Lipinski definition) is 4. The van der Waals surface area contributed by atoms with Crippen molar-refractivity contribution >= 4 is 34.9 Å². The summed E-state index contributed by atoms with van der Waals surface area (Å²) in [4.78, 5) is 0. The molecule has 0 amide bonds. The molecule has 1 atom stereocenters. The quantitative estimate of drug-likeness (QED) is 0.235. The van der Waals surface area contributed by atoms with Crippen molar-refractivity contribution in [3.8, 4) is 0 Å². The largest absolute Gasteiger partial charge is 0.358 e. The Balaban J connectivity index is 1.53. The van der Waals surface area contributed by atoms with Gasteiger partial charge in [0.2, 0.25) is 0 Å². The predicted molar refractivity (Wildman–Crippen MR) is 137 cm³/mol. The number of thiocarbonyl (C=S) groups is 1. The average Bonchev–Trinajstić information content (AvgIpc) is 3.30. The number of nitrogens with one attached hydrogen (secondary N) is 2. The van der Waals surface area contributed by atoms with Gasteiger partial charge in [0.25, 0.3) is 0 Å². The van der Waals surface area contributed by atoms with Gasteiger partial charge in [0.1, 0.15) is 0 Å². The molecule has 6 heteroatoms. The molecule has 1 aliphatic heterocycles. The summed E-state index contributed by atoms with van der Waals surface area (Å²) in [5.74, 6) is 0. The maximum Gasteiger partial charge on any atom is 0.187 e. The van der Waals surface area contributed by atoms with Crippen LogP contribution in [0.5, 0.6) is 0 Å². The maximum atomic E-state index is 5.13. The van der Waals surface area contributed by atoms with Crippen molar-refractivity contribution in [2.75, 3.05) is 11.6 Å². The molecule has 0 aliphatic carbocycles. The molecule has 5 nitrogen and oxygen atoms in total. The third-order valence-corrected chi connectivity index (χ3v) is 5.38. The Labute approximate surface area is 194 Å². The first-order valence-electron chi connectivity index (χ1n) is 10.5. The number of hydrogen-bond donors (Lipinski definition) is 2. The van der Waals surface area contributed by atoms with Crippen molar-refractivity contribution in [1.82, 2.24) is 10.7 Å². The van der Waals surface area contributed by atoms with Crippen molar-refractivity contribution in [3.63, 3.8) is 0 Å². The summed E-state index contributed by atoms with van der Waals surface area (Å²) in [5.41, 5.74) is 8.31. The molecule has 1 heterocycles. The molecule has 3 aromatic carbocycles. The van der Waals surface area contributed by atoms with Crippen molar-refractivity contribution in [2.24, 2.45) is 10.2 Å². The Morgan fingerprint density at radius 3 is 2.41 bits per heavy atom. The summed E-state index contributed by atoms with van der Waals surface area (Å²) in [6, 6.07) is 29.3. The van der Waals surface area contributed by atoms with Gasteiger partial charge in [-0.05, 0) is 41.0 Å². The molecular weight excluding hydrogens is 414 g/mol. The number of nitrogens with zero attached hydrogens (tertiary/aromatic N) is 3. The minimum atomic E-state index is 0.154. The second-order valence-corrected chi connectivity index (χ2v) is 7.76. The Hall–Kier alpha value is -3.77. The second kappa shape index (κ2) is 10.5. The van der Waals surface area contributed by atoms with Gasteiger partial charge in [-0.1, -0.05) is 78.9 Å². The fraction of sp³-hybridized carbons (Fsp3) is 0.115. The van der Waals surface area contributed by atoms with Crippen molar-refractivity contribution in [2.45, 2.75) is 12.5 Å². The fourth-order valence-electron chi connectivity index (χ4n) is 3.57.